The van der Waals surface area contributed by atoms with Gasteiger partial charge in [-0.1, -0.05) is 36.4 Å². The first-order chi connectivity index (χ1) is 21.6. The van der Waals surface area contributed by atoms with Crippen molar-refractivity contribution in [1.82, 2.24) is 14.9 Å². The standard InChI is InChI=1S/C36H44N4O4S/c1-35(2,3)44-34(41)40-26-13-14-27(40)22-39(21-26)32-29-16-18-36(20-31(29)37-33(38-32)45(4)42)17-8-11-25-12-15-28(19-30(25)36)43-23-24-9-6-5-7-10-24/h5-7,9-10,12,15,19,26-27H,8,11,13-14,16-18,20-23H2,1-4H3/t26-,27+,36?,45?. The molecule has 1 aromatic heterocycles. The van der Waals surface area contributed by atoms with Crippen LogP contribution in [0.4, 0.5) is 10.6 Å². The highest BCUT2D eigenvalue weighted by Gasteiger charge is 2.47. The molecule has 3 heterocycles. The van der Waals surface area contributed by atoms with Crippen molar-refractivity contribution >= 4 is 22.7 Å². The maximum absolute atomic E-state index is 13.1. The minimum Gasteiger partial charge on any atom is -0.489 e. The van der Waals surface area contributed by atoms with Gasteiger partial charge in [0.2, 0.25) is 5.16 Å². The smallest absolute Gasteiger partial charge is 0.410 e. The van der Waals surface area contributed by atoms with Crippen LogP contribution in [0.5, 0.6) is 5.75 Å². The molecule has 2 aromatic carbocycles. The van der Waals surface area contributed by atoms with Crippen LogP contribution in [0.25, 0.3) is 0 Å². The van der Waals surface area contributed by atoms with Crippen LogP contribution >= 0.6 is 0 Å². The van der Waals surface area contributed by atoms with Gasteiger partial charge in [0.15, 0.2) is 0 Å². The molecule has 2 fully saturated rings. The van der Waals surface area contributed by atoms with E-state index in [2.05, 4.69) is 35.2 Å². The molecule has 1 amide bonds. The number of anilines is 1. The van der Waals surface area contributed by atoms with Gasteiger partial charge < -0.3 is 14.4 Å². The van der Waals surface area contributed by atoms with E-state index in [1.165, 1.54) is 16.7 Å². The van der Waals surface area contributed by atoms with Gasteiger partial charge in [0.05, 0.1) is 28.6 Å². The van der Waals surface area contributed by atoms with Crippen LogP contribution in [-0.2, 0) is 46.8 Å². The number of benzene rings is 2. The molecule has 45 heavy (non-hydrogen) atoms. The first-order valence-electron chi connectivity index (χ1n) is 16.4. The zero-order valence-corrected chi connectivity index (χ0v) is 27.7. The summed E-state index contributed by atoms with van der Waals surface area (Å²) in [7, 11) is -1.31. The second-order valence-corrected chi connectivity index (χ2v) is 15.6. The van der Waals surface area contributed by atoms with Gasteiger partial charge in [0.1, 0.15) is 23.8 Å². The second-order valence-electron chi connectivity index (χ2n) is 14.3. The third-order valence-corrected chi connectivity index (χ3v) is 10.8. The molecule has 238 valence electrons. The third kappa shape index (κ3) is 5.96. The van der Waals surface area contributed by atoms with E-state index in [0.29, 0.717) is 24.9 Å². The summed E-state index contributed by atoms with van der Waals surface area (Å²) in [5.41, 5.74) is 5.60. The lowest BCUT2D eigenvalue weighted by atomic mass is 9.62. The van der Waals surface area contributed by atoms with Crippen molar-refractivity contribution in [2.45, 2.75) is 107 Å². The highest BCUT2D eigenvalue weighted by molar-refractivity contribution is 7.84. The number of carbonyl (C=O) groups excluding carboxylic acids is 1. The predicted octanol–water partition coefficient (Wildman–Crippen LogP) is 6.14. The highest BCUT2D eigenvalue weighted by atomic mass is 32.2. The second kappa shape index (κ2) is 11.7. The highest BCUT2D eigenvalue weighted by Crippen LogP contribution is 2.48. The Morgan fingerprint density at radius 1 is 1.02 bits per heavy atom. The maximum atomic E-state index is 13.1. The molecule has 0 N–H and O–H groups in total. The summed E-state index contributed by atoms with van der Waals surface area (Å²) in [6, 6.07) is 17.1. The Labute approximate surface area is 269 Å². The molecule has 1 spiro atoms. The minimum atomic E-state index is -1.31. The van der Waals surface area contributed by atoms with Crippen LogP contribution < -0.4 is 9.64 Å². The zero-order valence-electron chi connectivity index (χ0n) is 26.9. The Hall–Kier alpha value is -3.46. The van der Waals surface area contributed by atoms with E-state index in [9.17, 15) is 9.00 Å². The normalized spacial score (nSPS) is 24.6. The molecule has 0 radical (unpaired) electrons. The van der Waals surface area contributed by atoms with Gasteiger partial charge in [-0.3, -0.25) is 9.11 Å². The largest absolute Gasteiger partial charge is 0.489 e. The molecular weight excluding hydrogens is 584 g/mol. The molecule has 9 heteroatoms. The molecule has 2 bridgehead atoms. The molecule has 7 rings (SSSR count). The fourth-order valence-electron chi connectivity index (χ4n) is 8.04. The Morgan fingerprint density at radius 2 is 1.78 bits per heavy atom. The van der Waals surface area contributed by atoms with Gasteiger partial charge in [-0.15, -0.1) is 0 Å². The van der Waals surface area contributed by atoms with Crippen LogP contribution in [0.3, 0.4) is 0 Å². The van der Waals surface area contributed by atoms with E-state index >= 15 is 0 Å². The van der Waals surface area contributed by atoms with E-state index < -0.39 is 16.4 Å². The molecule has 2 aliphatic heterocycles. The van der Waals surface area contributed by atoms with E-state index in [0.717, 1.165) is 74.2 Å². The summed E-state index contributed by atoms with van der Waals surface area (Å²) in [5.74, 6) is 1.82. The SMILES string of the molecule is CS(=O)c1nc2c(c(N3C[C@H]4CC[C@@H](C3)N4C(=O)OC(C)(C)C)n1)CCC1(CCCc3ccc(OCc4ccccc4)cc31)C2. The van der Waals surface area contributed by atoms with E-state index in [4.69, 9.17) is 19.4 Å². The summed E-state index contributed by atoms with van der Waals surface area (Å²) in [5, 5.41) is 0.402. The maximum Gasteiger partial charge on any atom is 0.410 e. The Morgan fingerprint density at radius 3 is 2.49 bits per heavy atom. The summed E-state index contributed by atoms with van der Waals surface area (Å²) in [6.07, 6.45) is 9.37. The van der Waals surface area contributed by atoms with Crippen molar-refractivity contribution in [2.24, 2.45) is 0 Å². The van der Waals surface area contributed by atoms with Crippen molar-refractivity contribution in [2.75, 3.05) is 24.2 Å². The first kappa shape index (κ1) is 30.2. The minimum absolute atomic E-state index is 0.0285. The van der Waals surface area contributed by atoms with Crippen LogP contribution in [0.2, 0.25) is 0 Å². The van der Waals surface area contributed by atoms with Gasteiger partial charge in [-0.05, 0) is 101 Å². The molecule has 3 aromatic rings. The van der Waals surface area contributed by atoms with Crippen LogP contribution in [0.15, 0.2) is 53.7 Å². The summed E-state index contributed by atoms with van der Waals surface area (Å²) < 4.78 is 24.9. The molecule has 4 atom stereocenters. The van der Waals surface area contributed by atoms with Crippen molar-refractivity contribution in [3.05, 3.63) is 76.5 Å². The fourth-order valence-corrected chi connectivity index (χ4v) is 8.50. The number of rotatable bonds is 5. The van der Waals surface area contributed by atoms with Gasteiger partial charge in [0, 0.05) is 30.3 Å². The number of hydrogen-bond acceptors (Lipinski definition) is 7. The fraction of sp³-hybridized carbons (Fsp3) is 0.528. The van der Waals surface area contributed by atoms with E-state index in [1.54, 1.807) is 6.26 Å². The first-order valence-corrected chi connectivity index (χ1v) is 17.9. The van der Waals surface area contributed by atoms with Gasteiger partial charge in [-0.25, -0.2) is 14.8 Å². The average Bonchev–Trinajstić information content (AvgIpc) is 3.28. The van der Waals surface area contributed by atoms with E-state index in [-0.39, 0.29) is 23.6 Å². The van der Waals surface area contributed by atoms with Crippen molar-refractivity contribution < 1.29 is 18.5 Å². The number of piperazine rings is 1. The third-order valence-electron chi connectivity index (χ3n) is 10.1. The topological polar surface area (TPSA) is 84.9 Å². The lowest BCUT2D eigenvalue weighted by Gasteiger charge is -2.45. The number of amides is 1. The molecule has 0 saturated carbocycles. The molecule has 2 aliphatic carbocycles. The van der Waals surface area contributed by atoms with Crippen molar-refractivity contribution in [1.29, 1.82) is 0 Å². The molecule has 4 aliphatic rings. The van der Waals surface area contributed by atoms with E-state index in [1.807, 2.05) is 43.9 Å². The number of carbonyl (C=O) groups is 1. The van der Waals surface area contributed by atoms with Crippen LogP contribution in [0, 0.1) is 0 Å². The lowest BCUT2D eigenvalue weighted by molar-refractivity contribution is 0.0122. The summed E-state index contributed by atoms with van der Waals surface area (Å²) in [6.45, 7) is 7.69. The Balaban J connectivity index is 1.17. The number of ether oxygens (including phenoxy) is 2. The Kier molecular flexibility index (Phi) is 7.87. The number of nitrogens with zero attached hydrogens (tertiary/aromatic N) is 4. The monoisotopic (exact) mass is 628 g/mol. The predicted molar refractivity (Wildman–Crippen MR) is 175 cm³/mol. The Bertz CT molecular complexity index is 1610. The molecule has 8 nitrogen and oxygen atoms in total. The lowest BCUT2D eigenvalue weighted by Crippen LogP contribution is -2.57. The van der Waals surface area contributed by atoms with Gasteiger partial charge >= 0.3 is 6.09 Å². The van der Waals surface area contributed by atoms with Gasteiger partial charge in [0.25, 0.3) is 0 Å². The molecule has 2 unspecified atom stereocenters. The number of fused-ring (bicyclic) bond motifs is 5. The quantitative estimate of drug-likeness (QED) is 0.314. The summed E-state index contributed by atoms with van der Waals surface area (Å²) in [4.78, 5) is 27.3. The van der Waals surface area contributed by atoms with Crippen LogP contribution in [0.1, 0.15) is 80.8 Å². The van der Waals surface area contributed by atoms with Crippen LogP contribution in [-0.4, -0.2) is 62.2 Å². The number of hydrogen-bond donors (Lipinski definition) is 0. The van der Waals surface area contributed by atoms with Crippen molar-refractivity contribution in [3.63, 3.8) is 0 Å². The average molecular weight is 629 g/mol. The number of aromatic nitrogens is 2. The summed E-state index contributed by atoms with van der Waals surface area (Å²) >= 11 is 0. The van der Waals surface area contributed by atoms with Gasteiger partial charge in [-0.2, -0.15) is 0 Å². The number of aryl methyl sites for hydroxylation is 1. The molecule has 2 saturated heterocycles. The molecular formula is C36H44N4O4S. The zero-order chi connectivity index (χ0) is 31.3. The van der Waals surface area contributed by atoms with Crippen molar-refractivity contribution in [3.8, 4) is 5.75 Å².